The number of nitrogens with one attached hydrogen (secondary N) is 1. The molecule has 0 saturated carbocycles. The summed E-state index contributed by atoms with van der Waals surface area (Å²) in [7, 11) is 1.41. The molecule has 9 nitrogen and oxygen atoms in total. The number of carbonyl (C=O) groups excluding carboxylic acids is 1. The molecule has 0 aliphatic carbocycles. The average molecular weight is 394 g/mol. The number of benzene rings is 1. The van der Waals surface area contributed by atoms with Crippen molar-refractivity contribution in [3.05, 3.63) is 41.2 Å². The van der Waals surface area contributed by atoms with E-state index in [9.17, 15) is 9.18 Å². The van der Waals surface area contributed by atoms with Crippen molar-refractivity contribution in [1.82, 2.24) is 25.4 Å². The van der Waals surface area contributed by atoms with E-state index in [4.69, 9.17) is 25.8 Å². The summed E-state index contributed by atoms with van der Waals surface area (Å²) in [5.74, 6) is -1.32. The molecule has 0 fully saturated rings. The Morgan fingerprint density at radius 1 is 1.30 bits per heavy atom. The third-order valence-corrected chi connectivity index (χ3v) is 3.53. The molecular weight excluding hydrogens is 381 g/mol. The van der Waals surface area contributed by atoms with Gasteiger partial charge < -0.3 is 14.2 Å². The van der Waals surface area contributed by atoms with Crippen molar-refractivity contribution >= 4 is 17.6 Å². The molecule has 2 heterocycles. The van der Waals surface area contributed by atoms with Crippen LogP contribution in [0.1, 0.15) is 17.4 Å². The van der Waals surface area contributed by atoms with Crippen molar-refractivity contribution in [2.45, 2.75) is 6.92 Å². The van der Waals surface area contributed by atoms with Gasteiger partial charge in [0.15, 0.2) is 17.2 Å². The van der Waals surface area contributed by atoms with Gasteiger partial charge >= 0.3 is 5.97 Å². The maximum absolute atomic E-state index is 13.8. The number of hydrogen-bond acceptors (Lipinski definition) is 8. The first-order chi connectivity index (χ1) is 13.0. The number of hydrogen-bond donors (Lipinski definition) is 1. The lowest BCUT2D eigenvalue weighted by Crippen LogP contribution is -2.06. The minimum atomic E-state index is -0.786. The number of rotatable bonds is 6. The SMILES string of the molecule is CCOC(=O)c1n[nH]nc1-c1ccc(Oc2nc(Cl)ncc2F)c(OC)c1. The van der Waals surface area contributed by atoms with Crippen LogP contribution in [0.2, 0.25) is 5.28 Å². The summed E-state index contributed by atoms with van der Waals surface area (Å²) >= 11 is 5.66. The molecule has 3 aromatic rings. The number of H-pyrrole nitrogens is 1. The lowest BCUT2D eigenvalue weighted by Gasteiger charge is -2.11. The topological polar surface area (TPSA) is 112 Å². The van der Waals surface area contributed by atoms with E-state index in [-0.39, 0.29) is 40.7 Å². The van der Waals surface area contributed by atoms with Gasteiger partial charge in [0.1, 0.15) is 5.69 Å². The van der Waals surface area contributed by atoms with Gasteiger partial charge in [-0.15, -0.1) is 5.10 Å². The van der Waals surface area contributed by atoms with Gasteiger partial charge in [-0.1, -0.05) is 0 Å². The average Bonchev–Trinajstić information content (AvgIpc) is 3.15. The monoisotopic (exact) mass is 393 g/mol. The predicted octanol–water partition coefficient (Wildman–Crippen LogP) is 3.03. The van der Waals surface area contributed by atoms with E-state index in [1.54, 1.807) is 19.1 Å². The van der Waals surface area contributed by atoms with Crippen LogP contribution in [0.3, 0.4) is 0 Å². The van der Waals surface area contributed by atoms with Crippen molar-refractivity contribution in [3.8, 4) is 28.6 Å². The maximum atomic E-state index is 13.8. The van der Waals surface area contributed by atoms with Crippen LogP contribution in [0, 0.1) is 5.82 Å². The summed E-state index contributed by atoms with van der Waals surface area (Å²) in [4.78, 5) is 19.2. The highest BCUT2D eigenvalue weighted by Gasteiger charge is 2.21. The summed E-state index contributed by atoms with van der Waals surface area (Å²) in [6.07, 6.45) is 0.895. The molecular formula is C16H13ClFN5O4. The molecule has 0 atom stereocenters. The molecule has 0 radical (unpaired) electrons. The number of halogens is 2. The third kappa shape index (κ3) is 3.95. The number of aromatic amines is 1. The lowest BCUT2D eigenvalue weighted by molar-refractivity contribution is 0.0520. The van der Waals surface area contributed by atoms with Gasteiger partial charge in [-0.05, 0) is 36.7 Å². The van der Waals surface area contributed by atoms with Gasteiger partial charge in [-0.25, -0.2) is 9.78 Å². The third-order valence-electron chi connectivity index (χ3n) is 3.34. The Balaban J connectivity index is 1.95. The van der Waals surface area contributed by atoms with Crippen LogP contribution in [0.15, 0.2) is 24.4 Å². The fraction of sp³-hybridized carbons (Fsp3) is 0.188. The Labute approximate surface area is 157 Å². The van der Waals surface area contributed by atoms with Gasteiger partial charge in [-0.3, -0.25) is 0 Å². The molecule has 0 aliphatic heterocycles. The van der Waals surface area contributed by atoms with Crippen LogP contribution in [-0.4, -0.2) is 45.1 Å². The second kappa shape index (κ2) is 7.96. The van der Waals surface area contributed by atoms with Gasteiger partial charge in [0.2, 0.25) is 11.1 Å². The molecule has 0 aliphatic rings. The Hall–Kier alpha value is -3.27. The highest BCUT2D eigenvalue weighted by molar-refractivity contribution is 6.28. The van der Waals surface area contributed by atoms with Crippen molar-refractivity contribution in [3.63, 3.8) is 0 Å². The van der Waals surface area contributed by atoms with Gasteiger partial charge in [0.05, 0.1) is 19.9 Å². The summed E-state index contributed by atoms with van der Waals surface area (Å²) in [5, 5.41) is 10.0. The highest BCUT2D eigenvalue weighted by Crippen LogP contribution is 2.35. The fourth-order valence-electron chi connectivity index (χ4n) is 2.18. The molecule has 2 aromatic heterocycles. The highest BCUT2D eigenvalue weighted by atomic mass is 35.5. The molecule has 1 aromatic carbocycles. The number of carbonyl (C=O) groups is 1. The molecule has 0 unspecified atom stereocenters. The smallest absolute Gasteiger partial charge is 0.361 e. The number of ether oxygens (including phenoxy) is 3. The first kappa shape index (κ1) is 18.5. The van der Waals surface area contributed by atoms with E-state index in [0.29, 0.717) is 5.56 Å². The Morgan fingerprint density at radius 3 is 2.85 bits per heavy atom. The quantitative estimate of drug-likeness (QED) is 0.502. The molecule has 0 spiro atoms. The van der Waals surface area contributed by atoms with Crippen molar-refractivity contribution in [1.29, 1.82) is 0 Å². The number of nitrogens with zero attached hydrogens (tertiary/aromatic N) is 4. The van der Waals surface area contributed by atoms with Crippen LogP contribution in [0.5, 0.6) is 17.4 Å². The molecule has 3 rings (SSSR count). The van der Waals surface area contributed by atoms with Crippen LogP contribution < -0.4 is 9.47 Å². The molecule has 1 N–H and O–H groups in total. The summed E-state index contributed by atoms with van der Waals surface area (Å²) in [6, 6.07) is 4.66. The van der Waals surface area contributed by atoms with E-state index in [0.717, 1.165) is 6.20 Å². The fourth-order valence-corrected chi connectivity index (χ4v) is 2.31. The largest absolute Gasteiger partial charge is 0.493 e. The van der Waals surface area contributed by atoms with Crippen molar-refractivity contribution in [2.24, 2.45) is 0 Å². The second-order valence-electron chi connectivity index (χ2n) is 5.00. The zero-order valence-corrected chi connectivity index (χ0v) is 15.0. The predicted molar refractivity (Wildman–Crippen MR) is 91.4 cm³/mol. The Kier molecular flexibility index (Phi) is 5.46. The summed E-state index contributed by atoms with van der Waals surface area (Å²) in [6.45, 7) is 1.89. The zero-order valence-electron chi connectivity index (χ0n) is 14.2. The minimum Gasteiger partial charge on any atom is -0.493 e. The summed E-state index contributed by atoms with van der Waals surface area (Å²) < 4.78 is 29.4. The van der Waals surface area contributed by atoms with Crippen molar-refractivity contribution in [2.75, 3.05) is 13.7 Å². The standard InChI is InChI=1S/C16H13ClFN5O4/c1-3-26-15(24)13-12(21-23-22-13)8-4-5-10(11(6-8)25-2)27-14-9(18)7-19-16(17)20-14/h4-7H,3H2,1-2H3,(H,21,22,23). The van der Waals surface area contributed by atoms with Crippen LogP contribution in [0.25, 0.3) is 11.3 Å². The molecule has 140 valence electrons. The molecule has 0 amide bonds. The van der Waals surface area contributed by atoms with Gasteiger partial charge in [-0.2, -0.15) is 19.7 Å². The first-order valence-electron chi connectivity index (χ1n) is 7.65. The minimum absolute atomic E-state index is 0.0289. The van der Waals surface area contributed by atoms with Crippen LogP contribution >= 0.6 is 11.6 Å². The summed E-state index contributed by atoms with van der Waals surface area (Å²) in [5.41, 5.74) is 0.813. The number of methoxy groups -OCH3 is 1. The first-order valence-corrected chi connectivity index (χ1v) is 8.03. The number of esters is 1. The molecule has 11 heteroatoms. The van der Waals surface area contributed by atoms with E-state index in [1.165, 1.54) is 13.2 Å². The van der Waals surface area contributed by atoms with E-state index in [1.807, 2.05) is 0 Å². The van der Waals surface area contributed by atoms with E-state index < -0.39 is 11.8 Å². The van der Waals surface area contributed by atoms with Gasteiger partial charge in [0.25, 0.3) is 5.88 Å². The zero-order chi connectivity index (χ0) is 19.4. The number of aromatic nitrogens is 5. The Morgan fingerprint density at radius 2 is 2.11 bits per heavy atom. The lowest BCUT2D eigenvalue weighted by atomic mass is 10.1. The normalized spacial score (nSPS) is 10.5. The van der Waals surface area contributed by atoms with Crippen molar-refractivity contribution < 1.29 is 23.4 Å². The molecule has 0 saturated heterocycles. The molecule has 0 bridgehead atoms. The molecule has 27 heavy (non-hydrogen) atoms. The Bertz CT molecular complexity index is 981. The van der Waals surface area contributed by atoms with Crippen LogP contribution in [0.4, 0.5) is 4.39 Å². The van der Waals surface area contributed by atoms with E-state index >= 15 is 0 Å². The van der Waals surface area contributed by atoms with E-state index in [2.05, 4.69) is 25.4 Å². The van der Waals surface area contributed by atoms with Crippen LogP contribution in [-0.2, 0) is 4.74 Å². The maximum Gasteiger partial charge on any atom is 0.361 e. The second-order valence-corrected chi connectivity index (χ2v) is 5.34. The van der Waals surface area contributed by atoms with Gasteiger partial charge in [0, 0.05) is 5.56 Å².